The third kappa shape index (κ3) is 2.23. The highest BCUT2D eigenvalue weighted by Crippen LogP contribution is 2.08. The second-order valence-corrected chi connectivity index (χ2v) is 2.46. The van der Waals surface area contributed by atoms with Gasteiger partial charge in [0.25, 0.3) is 0 Å². The maximum absolute atomic E-state index is 10.1. The highest BCUT2D eigenvalue weighted by atomic mass is 16.1. The van der Waals surface area contributed by atoms with Gasteiger partial charge in [0.15, 0.2) is 0 Å². The molecule has 1 aromatic rings. The zero-order valence-electron chi connectivity index (χ0n) is 6.74. The normalized spacial score (nSPS) is 12.1. The predicted octanol–water partition coefficient (Wildman–Crippen LogP) is 0.574. The summed E-state index contributed by atoms with van der Waals surface area (Å²) in [5.74, 6) is 0.589. The monoisotopic (exact) mass is 164 g/mol. The van der Waals surface area contributed by atoms with E-state index in [2.05, 4.69) is 10.3 Å². The second-order valence-electron chi connectivity index (χ2n) is 2.46. The molecular formula is C8H10N3O. The summed E-state index contributed by atoms with van der Waals surface area (Å²) in [6.45, 7) is 1.69. The van der Waals surface area contributed by atoms with Gasteiger partial charge in [-0.15, -0.1) is 0 Å². The number of aromatic nitrogens is 1. The molecule has 1 rings (SSSR count). The Morgan fingerprint density at radius 2 is 2.50 bits per heavy atom. The summed E-state index contributed by atoms with van der Waals surface area (Å²) < 4.78 is 0. The van der Waals surface area contributed by atoms with Gasteiger partial charge in [0.05, 0.1) is 6.04 Å². The number of rotatable bonds is 3. The van der Waals surface area contributed by atoms with Gasteiger partial charge in [0.1, 0.15) is 5.82 Å². The van der Waals surface area contributed by atoms with Crippen molar-refractivity contribution in [2.75, 3.05) is 11.1 Å². The molecule has 63 valence electrons. The number of nitrogens with zero attached hydrogens (tertiary/aromatic N) is 1. The summed E-state index contributed by atoms with van der Waals surface area (Å²) in [6, 6.07) is 2.98. The molecule has 12 heavy (non-hydrogen) atoms. The molecule has 1 aromatic heterocycles. The van der Waals surface area contributed by atoms with Crippen molar-refractivity contribution in [2.24, 2.45) is 0 Å². The first kappa shape index (κ1) is 8.52. The van der Waals surface area contributed by atoms with Gasteiger partial charge >= 0.3 is 0 Å². The number of pyridine rings is 1. The molecule has 1 radical (unpaired) electrons. The highest BCUT2D eigenvalue weighted by molar-refractivity contribution is 5.64. The van der Waals surface area contributed by atoms with Gasteiger partial charge in [-0.25, -0.2) is 4.98 Å². The molecule has 0 fully saturated rings. The van der Waals surface area contributed by atoms with Gasteiger partial charge in [-0.05, 0) is 13.0 Å². The Morgan fingerprint density at radius 1 is 1.75 bits per heavy atom. The van der Waals surface area contributed by atoms with E-state index in [0.29, 0.717) is 11.5 Å². The molecule has 3 N–H and O–H groups in total. The average molecular weight is 164 g/mol. The lowest BCUT2D eigenvalue weighted by atomic mass is 10.3. The average Bonchev–Trinajstić information content (AvgIpc) is 2.04. The number of nitrogens with one attached hydrogen (secondary N) is 1. The number of nitrogens with two attached hydrogens (primary N) is 1. The topological polar surface area (TPSA) is 68.0 Å². The van der Waals surface area contributed by atoms with Crippen molar-refractivity contribution in [3.8, 4) is 0 Å². The van der Waals surface area contributed by atoms with E-state index in [1.54, 1.807) is 31.5 Å². The zero-order chi connectivity index (χ0) is 8.97. The lowest BCUT2D eigenvalue weighted by Gasteiger charge is -2.06. The minimum Gasteiger partial charge on any atom is -0.399 e. The number of nitrogen functional groups attached to an aromatic ring is 1. The Hall–Kier alpha value is -1.58. The molecule has 0 amide bonds. The van der Waals surface area contributed by atoms with Crippen molar-refractivity contribution < 1.29 is 4.79 Å². The maximum atomic E-state index is 10.1. The van der Waals surface area contributed by atoms with E-state index < -0.39 is 0 Å². The highest BCUT2D eigenvalue weighted by Gasteiger charge is 2.00. The van der Waals surface area contributed by atoms with Gasteiger partial charge in [-0.1, -0.05) is 0 Å². The van der Waals surface area contributed by atoms with Crippen LogP contribution >= 0.6 is 0 Å². The Labute approximate surface area is 70.8 Å². The Bertz CT molecular complexity index is 275. The Morgan fingerprint density at radius 3 is 3.08 bits per heavy atom. The fourth-order valence-electron chi connectivity index (χ4n) is 0.777. The van der Waals surface area contributed by atoms with Crippen LogP contribution in [-0.4, -0.2) is 17.3 Å². The van der Waals surface area contributed by atoms with Gasteiger partial charge < -0.3 is 11.1 Å². The van der Waals surface area contributed by atoms with Crippen LogP contribution < -0.4 is 11.1 Å². The van der Waals surface area contributed by atoms with E-state index in [1.165, 1.54) is 0 Å². The van der Waals surface area contributed by atoms with Crippen LogP contribution in [0.1, 0.15) is 6.92 Å². The summed E-state index contributed by atoms with van der Waals surface area (Å²) in [4.78, 5) is 14.1. The molecule has 0 aliphatic carbocycles. The SMILES string of the molecule is CC([C]=O)Nc1cc(N)ccn1. The van der Waals surface area contributed by atoms with Crippen molar-refractivity contribution in [1.82, 2.24) is 4.98 Å². The van der Waals surface area contributed by atoms with Gasteiger partial charge in [0, 0.05) is 18.0 Å². The van der Waals surface area contributed by atoms with Crippen molar-refractivity contribution in [2.45, 2.75) is 13.0 Å². The fraction of sp³-hybridized carbons (Fsp3) is 0.250. The fourth-order valence-corrected chi connectivity index (χ4v) is 0.777. The van der Waals surface area contributed by atoms with Crippen molar-refractivity contribution in [3.05, 3.63) is 18.3 Å². The first-order valence-corrected chi connectivity index (χ1v) is 3.58. The van der Waals surface area contributed by atoms with E-state index in [0.717, 1.165) is 0 Å². The van der Waals surface area contributed by atoms with Crippen LogP contribution in [0, 0.1) is 0 Å². The van der Waals surface area contributed by atoms with E-state index in [9.17, 15) is 4.79 Å². The molecule has 1 heterocycles. The standard InChI is InChI=1S/C8H10N3O/c1-6(5-12)11-8-4-7(9)2-3-10-8/h2-4,6H,1H3,(H3,9,10,11). The zero-order valence-corrected chi connectivity index (χ0v) is 6.74. The largest absolute Gasteiger partial charge is 0.399 e. The molecule has 4 heteroatoms. The summed E-state index contributed by atoms with van der Waals surface area (Å²) in [5, 5.41) is 2.82. The van der Waals surface area contributed by atoms with Gasteiger partial charge in [0.2, 0.25) is 6.29 Å². The third-order valence-corrected chi connectivity index (χ3v) is 1.33. The molecule has 4 nitrogen and oxygen atoms in total. The molecule has 0 spiro atoms. The van der Waals surface area contributed by atoms with Crippen LogP contribution in [0.25, 0.3) is 0 Å². The van der Waals surface area contributed by atoms with Gasteiger partial charge in [-0.3, -0.25) is 4.79 Å². The van der Waals surface area contributed by atoms with Crippen LogP contribution in [0.4, 0.5) is 11.5 Å². The molecule has 1 atom stereocenters. The van der Waals surface area contributed by atoms with Crippen LogP contribution in [-0.2, 0) is 4.79 Å². The van der Waals surface area contributed by atoms with Crippen LogP contribution in [0.2, 0.25) is 0 Å². The smallest absolute Gasteiger partial charge is 0.222 e. The molecule has 0 bridgehead atoms. The Balaban J connectivity index is 2.69. The minimum absolute atomic E-state index is 0.362. The third-order valence-electron chi connectivity index (χ3n) is 1.33. The van der Waals surface area contributed by atoms with E-state index in [1.807, 2.05) is 0 Å². The molecule has 0 aromatic carbocycles. The van der Waals surface area contributed by atoms with Crippen molar-refractivity contribution in [1.29, 1.82) is 0 Å². The lowest BCUT2D eigenvalue weighted by Crippen LogP contribution is -2.16. The molecule has 0 saturated carbocycles. The molecular weight excluding hydrogens is 154 g/mol. The minimum atomic E-state index is -0.362. The second kappa shape index (κ2) is 3.71. The lowest BCUT2D eigenvalue weighted by molar-refractivity contribution is 0.548. The van der Waals surface area contributed by atoms with Crippen molar-refractivity contribution in [3.63, 3.8) is 0 Å². The first-order valence-electron chi connectivity index (χ1n) is 3.58. The van der Waals surface area contributed by atoms with E-state index in [-0.39, 0.29) is 6.04 Å². The first-order chi connectivity index (χ1) is 5.72. The van der Waals surface area contributed by atoms with Crippen LogP contribution in [0.15, 0.2) is 18.3 Å². The van der Waals surface area contributed by atoms with Crippen molar-refractivity contribution >= 4 is 17.8 Å². The number of anilines is 2. The summed E-state index contributed by atoms with van der Waals surface area (Å²) in [6.07, 6.45) is 3.37. The van der Waals surface area contributed by atoms with E-state index in [4.69, 9.17) is 5.73 Å². The number of hydrogen-bond donors (Lipinski definition) is 2. The van der Waals surface area contributed by atoms with Crippen LogP contribution in [0.3, 0.4) is 0 Å². The van der Waals surface area contributed by atoms with Crippen LogP contribution in [0.5, 0.6) is 0 Å². The van der Waals surface area contributed by atoms with Gasteiger partial charge in [-0.2, -0.15) is 0 Å². The summed E-state index contributed by atoms with van der Waals surface area (Å²) >= 11 is 0. The quantitative estimate of drug-likeness (QED) is 0.685. The summed E-state index contributed by atoms with van der Waals surface area (Å²) in [7, 11) is 0. The Kier molecular flexibility index (Phi) is 2.63. The molecule has 0 saturated heterocycles. The molecule has 0 aliphatic heterocycles. The maximum Gasteiger partial charge on any atom is 0.222 e. The number of hydrogen-bond acceptors (Lipinski definition) is 4. The summed E-state index contributed by atoms with van der Waals surface area (Å²) in [5.41, 5.74) is 6.11. The molecule has 0 aliphatic rings. The van der Waals surface area contributed by atoms with E-state index >= 15 is 0 Å². The number of carbonyl (C=O) groups excluding carboxylic acids is 1. The molecule has 1 unspecified atom stereocenters. The predicted molar refractivity (Wildman–Crippen MR) is 47.4 cm³/mol.